The zero-order valence-electron chi connectivity index (χ0n) is 20.4. The number of pyridine rings is 1. The summed E-state index contributed by atoms with van der Waals surface area (Å²) in [6, 6.07) is 19.1. The van der Waals surface area contributed by atoms with Crippen molar-refractivity contribution < 1.29 is 4.74 Å². The van der Waals surface area contributed by atoms with Gasteiger partial charge in [0.25, 0.3) is 5.56 Å². The molecular formula is C28H23N7O2. The van der Waals surface area contributed by atoms with Crippen LogP contribution in [0.1, 0.15) is 17.0 Å². The fourth-order valence-corrected chi connectivity index (χ4v) is 4.39. The van der Waals surface area contributed by atoms with Crippen molar-refractivity contribution in [1.82, 2.24) is 29.2 Å². The Morgan fingerprint density at radius 1 is 0.919 bits per heavy atom. The number of methoxy groups -OCH3 is 1. The van der Waals surface area contributed by atoms with Gasteiger partial charge in [-0.3, -0.25) is 14.3 Å². The van der Waals surface area contributed by atoms with Crippen LogP contribution in [0.25, 0.3) is 33.2 Å². The molecule has 2 aromatic carbocycles. The van der Waals surface area contributed by atoms with E-state index in [0.29, 0.717) is 46.5 Å². The third-order valence-corrected chi connectivity index (χ3v) is 6.34. The second-order valence-electron chi connectivity index (χ2n) is 8.63. The van der Waals surface area contributed by atoms with Crippen molar-refractivity contribution >= 4 is 39.4 Å². The van der Waals surface area contributed by atoms with E-state index in [1.54, 1.807) is 35.0 Å². The molecule has 0 bridgehead atoms. The van der Waals surface area contributed by atoms with E-state index >= 15 is 0 Å². The summed E-state index contributed by atoms with van der Waals surface area (Å²) in [7, 11) is 1.64. The first kappa shape index (κ1) is 22.5. The number of hydrogen-bond donors (Lipinski definition) is 0. The molecule has 0 fully saturated rings. The summed E-state index contributed by atoms with van der Waals surface area (Å²) in [5, 5.41) is 5.06. The summed E-state index contributed by atoms with van der Waals surface area (Å²) in [6.07, 6.45) is 5.77. The minimum Gasteiger partial charge on any atom is -0.497 e. The number of hydrogen-bond acceptors (Lipinski definition) is 7. The van der Waals surface area contributed by atoms with Gasteiger partial charge in [0.2, 0.25) is 0 Å². The number of para-hydroxylation sites is 2. The van der Waals surface area contributed by atoms with Crippen LogP contribution in [0, 0.1) is 6.92 Å². The van der Waals surface area contributed by atoms with Crippen LogP contribution >= 0.6 is 0 Å². The Morgan fingerprint density at radius 3 is 2.38 bits per heavy atom. The number of nitrogens with zero attached hydrogens (tertiary/aromatic N) is 7. The first-order valence-electron chi connectivity index (χ1n) is 11.9. The summed E-state index contributed by atoms with van der Waals surface area (Å²) >= 11 is 0. The Labute approximate surface area is 211 Å². The summed E-state index contributed by atoms with van der Waals surface area (Å²) < 4.78 is 8.54. The second-order valence-corrected chi connectivity index (χ2v) is 8.63. The Kier molecular flexibility index (Phi) is 5.65. The van der Waals surface area contributed by atoms with Gasteiger partial charge in [-0.05, 0) is 60.9 Å². The van der Waals surface area contributed by atoms with Gasteiger partial charge in [0.15, 0.2) is 11.3 Å². The minimum atomic E-state index is -0.163. The highest BCUT2D eigenvalue weighted by atomic mass is 16.5. The Morgan fingerprint density at radius 2 is 1.65 bits per heavy atom. The lowest BCUT2D eigenvalue weighted by Gasteiger charge is -2.10. The third-order valence-electron chi connectivity index (χ3n) is 6.34. The zero-order valence-corrected chi connectivity index (χ0v) is 20.4. The molecule has 6 rings (SSSR count). The number of rotatable bonds is 6. The fraction of sp³-hybridized carbons (Fsp3) is 0.143. The molecule has 0 saturated carbocycles. The molecule has 0 unspecified atom stereocenters. The van der Waals surface area contributed by atoms with Crippen molar-refractivity contribution in [2.24, 2.45) is 5.10 Å². The van der Waals surface area contributed by atoms with Gasteiger partial charge < -0.3 is 4.74 Å². The van der Waals surface area contributed by atoms with Gasteiger partial charge in [0, 0.05) is 18.9 Å². The Hall–Kier alpha value is -4.92. The molecular weight excluding hydrogens is 466 g/mol. The quantitative estimate of drug-likeness (QED) is 0.326. The van der Waals surface area contributed by atoms with Gasteiger partial charge in [-0.15, -0.1) is 0 Å². The molecule has 6 aromatic rings. The third kappa shape index (κ3) is 4.10. The number of aromatic nitrogens is 6. The van der Waals surface area contributed by atoms with Crippen LogP contribution in [-0.2, 0) is 13.0 Å². The average molecular weight is 490 g/mol. The predicted molar refractivity (Wildman–Crippen MR) is 143 cm³/mol. The van der Waals surface area contributed by atoms with Gasteiger partial charge in [-0.2, -0.15) is 9.78 Å². The number of benzene rings is 2. The molecule has 0 atom stereocenters. The molecule has 182 valence electrons. The molecule has 9 heteroatoms. The molecule has 0 radical (unpaired) electrons. The second kappa shape index (κ2) is 9.27. The van der Waals surface area contributed by atoms with E-state index in [4.69, 9.17) is 19.7 Å². The molecule has 0 N–H and O–H groups in total. The van der Waals surface area contributed by atoms with Crippen LogP contribution < -0.4 is 10.3 Å². The lowest BCUT2D eigenvalue weighted by molar-refractivity contribution is 0.414. The van der Waals surface area contributed by atoms with Crippen molar-refractivity contribution in [1.29, 1.82) is 0 Å². The van der Waals surface area contributed by atoms with Gasteiger partial charge >= 0.3 is 0 Å². The van der Waals surface area contributed by atoms with Gasteiger partial charge in [-0.1, -0.05) is 24.3 Å². The maximum atomic E-state index is 13.9. The van der Waals surface area contributed by atoms with Crippen LogP contribution in [0.15, 0.2) is 83.0 Å². The highest BCUT2D eigenvalue weighted by Crippen LogP contribution is 2.25. The first-order valence-corrected chi connectivity index (χ1v) is 11.9. The molecule has 0 saturated heterocycles. The van der Waals surface area contributed by atoms with E-state index in [0.717, 1.165) is 22.4 Å². The summed E-state index contributed by atoms with van der Waals surface area (Å²) in [6.45, 7) is 2.31. The van der Waals surface area contributed by atoms with E-state index in [2.05, 4.69) is 10.1 Å². The van der Waals surface area contributed by atoms with Crippen LogP contribution in [0.3, 0.4) is 0 Å². The number of aryl methyl sites for hydroxylation is 2. The van der Waals surface area contributed by atoms with Crippen molar-refractivity contribution in [3.63, 3.8) is 0 Å². The van der Waals surface area contributed by atoms with Crippen LogP contribution in [0.4, 0.5) is 0 Å². The van der Waals surface area contributed by atoms with Gasteiger partial charge in [-0.25, -0.2) is 15.0 Å². The molecule has 37 heavy (non-hydrogen) atoms. The molecule has 0 amide bonds. The smallest absolute Gasteiger partial charge is 0.265 e. The predicted octanol–water partition coefficient (Wildman–Crippen LogP) is 4.13. The van der Waals surface area contributed by atoms with E-state index in [1.165, 1.54) is 0 Å². The zero-order chi connectivity index (χ0) is 25.4. The highest BCUT2D eigenvalue weighted by molar-refractivity contribution is 6.05. The molecule has 9 nitrogen and oxygen atoms in total. The van der Waals surface area contributed by atoms with Crippen molar-refractivity contribution in [2.75, 3.05) is 7.11 Å². The van der Waals surface area contributed by atoms with Crippen LogP contribution in [0.5, 0.6) is 5.75 Å². The van der Waals surface area contributed by atoms with Crippen LogP contribution in [-0.4, -0.2) is 42.5 Å². The summed E-state index contributed by atoms with van der Waals surface area (Å²) in [5.74, 6) is 1.39. The van der Waals surface area contributed by atoms with Crippen LogP contribution in [0.2, 0.25) is 0 Å². The average Bonchev–Trinajstić information content (AvgIpc) is 3.23. The fourth-order valence-electron chi connectivity index (χ4n) is 4.39. The van der Waals surface area contributed by atoms with E-state index in [9.17, 15) is 4.79 Å². The highest BCUT2D eigenvalue weighted by Gasteiger charge is 2.21. The van der Waals surface area contributed by atoms with Gasteiger partial charge in [0.1, 0.15) is 22.5 Å². The van der Waals surface area contributed by atoms with Crippen molar-refractivity contribution in [3.8, 4) is 5.75 Å². The van der Waals surface area contributed by atoms with E-state index in [-0.39, 0.29) is 5.56 Å². The van der Waals surface area contributed by atoms with E-state index in [1.807, 2.05) is 67.6 Å². The molecule has 0 aliphatic carbocycles. The monoisotopic (exact) mass is 489 g/mol. The normalized spacial score (nSPS) is 11.7. The van der Waals surface area contributed by atoms with E-state index < -0.39 is 0 Å². The standard InChI is InChI=1S/C28H23N7O2/c1-18-31-26-24(28(36)34(18)16-13-19-7-9-21(37-2)10-8-19)25-27(33-23-6-4-3-5-22(23)32-25)35(26)30-17-20-11-14-29-15-12-20/h3-12,14-15,17H,13,16H2,1-2H3/b30-17-. The summed E-state index contributed by atoms with van der Waals surface area (Å²) in [4.78, 5) is 32.4. The first-order chi connectivity index (χ1) is 18.1. The SMILES string of the molecule is COc1ccc(CCn2c(C)nc3c(c2=O)c2nc4ccccc4nc2n3/N=C\c2ccncc2)cc1. The number of fused-ring (bicyclic) bond motifs is 4. The minimum absolute atomic E-state index is 0.163. The van der Waals surface area contributed by atoms with Crippen molar-refractivity contribution in [3.05, 3.63) is 100 Å². The van der Waals surface area contributed by atoms with Gasteiger partial charge in [0.05, 0.1) is 24.4 Å². The maximum Gasteiger partial charge on any atom is 0.265 e. The largest absolute Gasteiger partial charge is 0.497 e. The topological polar surface area (TPSA) is 100 Å². The number of ether oxygens (including phenoxy) is 1. The molecule has 0 aliphatic rings. The van der Waals surface area contributed by atoms with Crippen molar-refractivity contribution in [2.45, 2.75) is 19.9 Å². The lowest BCUT2D eigenvalue weighted by Crippen LogP contribution is -2.25. The molecule has 0 spiro atoms. The molecule has 0 aliphatic heterocycles. The Balaban J connectivity index is 1.52. The maximum absolute atomic E-state index is 13.9. The molecule has 4 aromatic heterocycles. The molecule has 4 heterocycles. The summed E-state index contributed by atoms with van der Waals surface area (Å²) in [5.41, 5.74) is 4.62. The Bertz CT molecular complexity index is 1840. The lowest BCUT2D eigenvalue weighted by atomic mass is 10.1.